The molecule has 1 atom stereocenters. The van der Waals surface area contributed by atoms with Crippen molar-refractivity contribution in [1.82, 2.24) is 0 Å². The second kappa shape index (κ2) is 2.44. The summed E-state index contributed by atoms with van der Waals surface area (Å²) in [6, 6.07) is 0. The maximum atomic E-state index is 11.4. The maximum Gasteiger partial charge on any atom is 0.494 e. The highest BCUT2D eigenvalue weighted by Crippen LogP contribution is 2.24. The lowest BCUT2D eigenvalue weighted by Gasteiger charge is -1.99. The predicted molar refractivity (Wildman–Crippen MR) is 19.3 cm³/mol. The predicted octanol–water partition coefficient (Wildman–Crippen LogP) is 0.633. The molecule has 0 saturated heterocycles. The fraction of sp³-hybridized carbons (Fsp3) is 1.00. The van der Waals surface area contributed by atoms with Crippen LogP contribution in [0.25, 0.3) is 0 Å². The van der Waals surface area contributed by atoms with E-state index in [1.54, 1.807) is 0 Å². The molecule has 0 aromatic carbocycles. The zero-order valence-corrected chi connectivity index (χ0v) is 4.82. The third kappa shape index (κ3) is 5.88. The summed E-state index contributed by atoms with van der Waals surface area (Å²) in [5.41, 5.74) is 0. The van der Waals surface area contributed by atoms with Crippen LogP contribution in [0.2, 0.25) is 0 Å². The number of hydrogen-bond acceptors (Lipinski definition) is 3. The third-order valence-corrected chi connectivity index (χ3v) is 0.704. The van der Waals surface area contributed by atoms with Gasteiger partial charge < -0.3 is 4.89 Å². The highest BCUT2D eigenvalue weighted by atomic mass is 31.1. The van der Waals surface area contributed by atoms with E-state index in [4.69, 9.17) is 0 Å². The van der Waals surface area contributed by atoms with Gasteiger partial charge in [0.15, 0.2) is 0 Å². The van der Waals surface area contributed by atoms with Gasteiger partial charge in [0.05, 0.1) is 0 Å². The van der Waals surface area contributed by atoms with Crippen LogP contribution in [-0.2, 0) is 9.09 Å². The lowest BCUT2D eigenvalue weighted by Crippen LogP contribution is -2.12. The number of alkyl halides is 2. The quantitative estimate of drug-likeness (QED) is 0.534. The van der Waals surface area contributed by atoms with Crippen molar-refractivity contribution in [2.75, 3.05) is 0 Å². The van der Waals surface area contributed by atoms with Crippen molar-refractivity contribution in [2.45, 2.75) is 13.0 Å². The van der Waals surface area contributed by atoms with Gasteiger partial charge in [-0.1, -0.05) is 4.52 Å². The van der Waals surface area contributed by atoms with Crippen LogP contribution in [-0.4, -0.2) is 6.11 Å². The van der Waals surface area contributed by atoms with E-state index in [2.05, 4.69) is 4.52 Å². The van der Waals surface area contributed by atoms with Crippen LogP contribution in [0.5, 0.6) is 0 Å². The van der Waals surface area contributed by atoms with Gasteiger partial charge in [-0.05, 0) is 4.57 Å². The molecule has 0 aromatic rings. The Morgan fingerprint density at radius 2 is 2.12 bits per heavy atom. The summed E-state index contributed by atoms with van der Waals surface area (Å²) in [6.45, 7) is 0.345. The summed E-state index contributed by atoms with van der Waals surface area (Å²) in [4.78, 5) is 9.35. The summed E-state index contributed by atoms with van der Waals surface area (Å²) in [7, 11) is -3.44. The molecule has 0 saturated carbocycles. The molecule has 0 N–H and O–H groups in total. The minimum absolute atomic E-state index is 0.345. The van der Waals surface area contributed by atoms with E-state index in [9.17, 15) is 18.2 Å². The summed E-state index contributed by atoms with van der Waals surface area (Å²) in [6.07, 6.45) is -3.57. The molecule has 0 aliphatic carbocycles. The van der Waals surface area contributed by atoms with Gasteiger partial charge in [-0.3, -0.25) is 0 Å². The summed E-state index contributed by atoms with van der Waals surface area (Å²) >= 11 is 0. The Bertz CT molecular complexity index is 97.9. The molecule has 1 unspecified atom stereocenters. The molecule has 0 spiro atoms. The minimum Gasteiger partial charge on any atom is -0.566 e. The van der Waals surface area contributed by atoms with E-state index in [0.29, 0.717) is 6.92 Å². The highest BCUT2D eigenvalue weighted by molar-refractivity contribution is 7.30. The molecule has 0 amide bonds. The average Bonchev–Trinajstić information content (AvgIpc) is 1.21. The Balaban J connectivity index is 3.55. The monoisotopic (exact) mass is 144 g/mol. The molecule has 0 radical (unpaired) electrons. The van der Waals surface area contributed by atoms with E-state index in [-0.39, 0.29) is 0 Å². The molecule has 0 bridgehead atoms. The molecule has 0 aliphatic rings. The summed E-state index contributed by atoms with van der Waals surface area (Å²) in [5, 5.41) is 0. The first-order valence-electron chi connectivity index (χ1n) is 1.63. The SMILES string of the molecule is CC(F)(F)O[P+](=O)[O-]. The lowest BCUT2D eigenvalue weighted by molar-refractivity contribution is -0.234. The first-order valence-corrected chi connectivity index (χ1v) is 2.73. The molecular formula is C2H3F2O3P. The second-order valence-corrected chi connectivity index (χ2v) is 1.75. The van der Waals surface area contributed by atoms with Crippen LogP contribution in [0.3, 0.4) is 0 Å². The molecule has 8 heavy (non-hydrogen) atoms. The Labute approximate surface area is 45.2 Å². The normalized spacial score (nSPS) is 13.8. The fourth-order valence-electron chi connectivity index (χ4n) is 0.131. The van der Waals surface area contributed by atoms with Crippen LogP contribution in [0.4, 0.5) is 8.78 Å². The second-order valence-electron chi connectivity index (χ2n) is 1.12. The highest BCUT2D eigenvalue weighted by Gasteiger charge is 2.30. The Morgan fingerprint density at radius 1 is 1.75 bits per heavy atom. The van der Waals surface area contributed by atoms with Gasteiger partial charge in [0.2, 0.25) is 0 Å². The van der Waals surface area contributed by atoms with Gasteiger partial charge in [0, 0.05) is 6.92 Å². The van der Waals surface area contributed by atoms with Crippen molar-refractivity contribution in [3.05, 3.63) is 0 Å². The van der Waals surface area contributed by atoms with Crippen molar-refractivity contribution in [2.24, 2.45) is 0 Å². The van der Waals surface area contributed by atoms with Gasteiger partial charge in [-0.2, -0.15) is 8.78 Å². The van der Waals surface area contributed by atoms with Crippen molar-refractivity contribution in [1.29, 1.82) is 0 Å². The van der Waals surface area contributed by atoms with E-state index < -0.39 is 14.4 Å². The van der Waals surface area contributed by atoms with Crippen molar-refractivity contribution >= 4 is 8.25 Å². The zero-order chi connectivity index (χ0) is 6.78. The average molecular weight is 144 g/mol. The van der Waals surface area contributed by atoms with Crippen LogP contribution in [0.1, 0.15) is 6.92 Å². The number of hydrogen-bond donors (Lipinski definition) is 0. The first kappa shape index (κ1) is 7.88. The third-order valence-electron chi connectivity index (χ3n) is 0.235. The summed E-state index contributed by atoms with van der Waals surface area (Å²) in [5.74, 6) is 0. The van der Waals surface area contributed by atoms with Gasteiger partial charge >= 0.3 is 14.4 Å². The smallest absolute Gasteiger partial charge is 0.494 e. The molecule has 0 aromatic heterocycles. The molecule has 0 fully saturated rings. The molecule has 6 heteroatoms. The van der Waals surface area contributed by atoms with Crippen LogP contribution in [0.15, 0.2) is 0 Å². The molecular weight excluding hydrogens is 141 g/mol. The molecule has 0 heterocycles. The first-order chi connectivity index (χ1) is 3.42. The largest absolute Gasteiger partial charge is 0.566 e. The maximum absolute atomic E-state index is 11.4. The Morgan fingerprint density at radius 3 is 2.12 bits per heavy atom. The van der Waals surface area contributed by atoms with E-state index in [1.165, 1.54) is 0 Å². The van der Waals surface area contributed by atoms with Crippen LogP contribution in [0, 0.1) is 0 Å². The standard InChI is InChI=1S/C2H3F2O3P/c1-2(3,4)7-8(5)6/h1H3. The van der Waals surface area contributed by atoms with Gasteiger partial charge in [-0.25, -0.2) is 0 Å². The Kier molecular flexibility index (Phi) is 2.40. The van der Waals surface area contributed by atoms with Crippen molar-refractivity contribution < 1.29 is 22.8 Å². The van der Waals surface area contributed by atoms with E-state index >= 15 is 0 Å². The van der Waals surface area contributed by atoms with Crippen molar-refractivity contribution in [3.63, 3.8) is 0 Å². The number of halogens is 2. The van der Waals surface area contributed by atoms with Crippen molar-refractivity contribution in [3.8, 4) is 0 Å². The van der Waals surface area contributed by atoms with Gasteiger partial charge in [-0.15, -0.1) is 0 Å². The molecule has 0 aliphatic heterocycles. The zero-order valence-electron chi connectivity index (χ0n) is 3.93. The minimum atomic E-state index is -3.57. The van der Waals surface area contributed by atoms with Crippen LogP contribution < -0.4 is 4.89 Å². The Hall–Kier alpha value is -0.120. The van der Waals surface area contributed by atoms with Gasteiger partial charge in [0.1, 0.15) is 0 Å². The van der Waals surface area contributed by atoms with Crippen LogP contribution >= 0.6 is 8.25 Å². The van der Waals surface area contributed by atoms with Gasteiger partial charge in [0.25, 0.3) is 0 Å². The fourth-order valence-corrected chi connectivity index (χ4v) is 0.393. The number of rotatable bonds is 2. The topological polar surface area (TPSA) is 49.4 Å². The van der Waals surface area contributed by atoms with E-state index in [0.717, 1.165) is 0 Å². The molecule has 48 valence electrons. The summed E-state index contributed by atoms with van der Waals surface area (Å²) < 4.78 is 35.1. The lowest BCUT2D eigenvalue weighted by atomic mass is 10.8. The molecule has 3 nitrogen and oxygen atoms in total. The van der Waals surface area contributed by atoms with E-state index in [1.807, 2.05) is 0 Å². The molecule has 0 rings (SSSR count).